The number of rotatable bonds is 5. The fraction of sp³-hybridized carbons (Fsp3) is 0.0556. The lowest BCUT2D eigenvalue weighted by molar-refractivity contribution is 0.102. The van der Waals surface area contributed by atoms with E-state index < -0.39 is 10.0 Å². The zero-order valence-corrected chi connectivity index (χ0v) is 16.1. The smallest absolute Gasteiger partial charge is 0.262 e. The fourth-order valence-corrected chi connectivity index (χ4v) is 3.85. The molecule has 0 aliphatic rings. The lowest BCUT2D eigenvalue weighted by Gasteiger charge is -2.12. The number of halogens is 1. The van der Waals surface area contributed by atoms with Gasteiger partial charge >= 0.3 is 0 Å². The summed E-state index contributed by atoms with van der Waals surface area (Å²) in [5.74, 6) is -0.386. The molecule has 0 atom stereocenters. The van der Waals surface area contributed by atoms with Crippen LogP contribution in [0.25, 0.3) is 0 Å². The van der Waals surface area contributed by atoms with Crippen LogP contribution in [0.15, 0.2) is 74.8 Å². The highest BCUT2D eigenvalue weighted by atomic mass is 79.9. The molecule has 0 saturated heterocycles. The zero-order valence-electron chi connectivity index (χ0n) is 13.7. The molecule has 3 rings (SSSR count). The standard InChI is InChI=1S/C18H15BrN2O4S/c1-12-5-6-16(19)17(9-12)21-26(23,24)15-4-2-3-14(10-15)20-18(22)13-7-8-25-11-13/h2-11,21H,1H3,(H,20,22). The third kappa shape index (κ3) is 4.14. The molecule has 0 unspecified atom stereocenters. The number of benzene rings is 2. The van der Waals surface area contributed by atoms with E-state index in [-0.39, 0.29) is 10.8 Å². The molecule has 2 N–H and O–H groups in total. The Hall–Kier alpha value is -2.58. The Morgan fingerprint density at radius 2 is 1.92 bits per heavy atom. The van der Waals surface area contributed by atoms with Crippen LogP contribution in [0.1, 0.15) is 15.9 Å². The van der Waals surface area contributed by atoms with Crippen LogP contribution in [-0.4, -0.2) is 14.3 Å². The van der Waals surface area contributed by atoms with Crippen LogP contribution in [0.5, 0.6) is 0 Å². The van der Waals surface area contributed by atoms with Crippen LogP contribution >= 0.6 is 15.9 Å². The predicted molar refractivity (Wildman–Crippen MR) is 103 cm³/mol. The minimum Gasteiger partial charge on any atom is -0.472 e. The van der Waals surface area contributed by atoms with E-state index in [2.05, 4.69) is 26.0 Å². The van der Waals surface area contributed by atoms with Crippen LogP contribution in [0.2, 0.25) is 0 Å². The van der Waals surface area contributed by atoms with Crippen molar-refractivity contribution in [2.75, 3.05) is 10.0 Å². The third-order valence-corrected chi connectivity index (χ3v) is 5.61. The number of carbonyl (C=O) groups excluding carboxylic acids is 1. The summed E-state index contributed by atoms with van der Waals surface area (Å²) in [4.78, 5) is 12.1. The molecule has 0 radical (unpaired) electrons. The van der Waals surface area contributed by atoms with E-state index in [4.69, 9.17) is 4.42 Å². The number of anilines is 2. The van der Waals surface area contributed by atoms with Gasteiger partial charge in [-0.05, 0) is 64.8 Å². The summed E-state index contributed by atoms with van der Waals surface area (Å²) in [6.07, 6.45) is 2.70. The molecule has 0 spiro atoms. The van der Waals surface area contributed by atoms with Crippen LogP contribution < -0.4 is 10.0 Å². The van der Waals surface area contributed by atoms with Crippen LogP contribution in [-0.2, 0) is 10.0 Å². The highest BCUT2D eigenvalue weighted by Crippen LogP contribution is 2.27. The van der Waals surface area contributed by atoms with E-state index in [0.29, 0.717) is 21.4 Å². The molecular formula is C18H15BrN2O4S. The lowest BCUT2D eigenvalue weighted by Crippen LogP contribution is -2.15. The van der Waals surface area contributed by atoms with Crippen LogP contribution in [0.4, 0.5) is 11.4 Å². The molecule has 0 aliphatic carbocycles. The summed E-state index contributed by atoms with van der Waals surface area (Å²) < 4.78 is 33.4. The molecule has 2 aromatic carbocycles. The van der Waals surface area contributed by atoms with Crippen molar-refractivity contribution in [1.82, 2.24) is 0 Å². The summed E-state index contributed by atoms with van der Waals surface area (Å²) in [6, 6.07) is 12.9. The highest BCUT2D eigenvalue weighted by molar-refractivity contribution is 9.10. The van der Waals surface area contributed by atoms with Gasteiger partial charge in [-0.3, -0.25) is 9.52 Å². The van der Waals surface area contributed by atoms with Crippen molar-refractivity contribution in [2.24, 2.45) is 0 Å². The molecule has 1 heterocycles. The van der Waals surface area contributed by atoms with Gasteiger partial charge in [-0.15, -0.1) is 0 Å². The molecule has 1 amide bonds. The first-order chi connectivity index (χ1) is 12.3. The van der Waals surface area contributed by atoms with Crippen molar-refractivity contribution >= 4 is 43.2 Å². The zero-order chi connectivity index (χ0) is 18.7. The largest absolute Gasteiger partial charge is 0.472 e. The van der Waals surface area contributed by atoms with Gasteiger partial charge in [0.05, 0.1) is 22.4 Å². The van der Waals surface area contributed by atoms with Gasteiger partial charge in [-0.1, -0.05) is 12.1 Å². The quantitative estimate of drug-likeness (QED) is 0.622. The van der Waals surface area contributed by atoms with Crippen molar-refractivity contribution in [3.8, 4) is 0 Å². The van der Waals surface area contributed by atoms with Crippen molar-refractivity contribution < 1.29 is 17.6 Å². The first-order valence-corrected chi connectivity index (χ1v) is 9.85. The first kappa shape index (κ1) is 18.2. The van der Waals surface area contributed by atoms with Gasteiger partial charge in [-0.2, -0.15) is 0 Å². The van der Waals surface area contributed by atoms with E-state index in [9.17, 15) is 13.2 Å². The molecule has 6 nitrogen and oxygen atoms in total. The fourth-order valence-electron chi connectivity index (χ4n) is 2.26. The SMILES string of the molecule is Cc1ccc(Br)c(NS(=O)(=O)c2cccc(NC(=O)c3ccoc3)c2)c1. The number of carbonyl (C=O) groups is 1. The van der Waals surface area contributed by atoms with E-state index in [1.54, 1.807) is 24.3 Å². The topological polar surface area (TPSA) is 88.4 Å². The van der Waals surface area contributed by atoms with Crippen LogP contribution in [0.3, 0.4) is 0 Å². The predicted octanol–water partition coefficient (Wildman–Crippen LogP) is 4.40. The van der Waals surface area contributed by atoms with Crippen molar-refractivity contribution in [3.05, 3.63) is 76.7 Å². The number of hydrogen-bond acceptors (Lipinski definition) is 4. The van der Waals surface area contributed by atoms with Crippen molar-refractivity contribution in [3.63, 3.8) is 0 Å². The molecule has 3 aromatic rings. The van der Waals surface area contributed by atoms with E-state index in [1.807, 2.05) is 13.0 Å². The average molecular weight is 435 g/mol. The second-order valence-corrected chi connectivity index (χ2v) is 8.12. The normalized spacial score (nSPS) is 11.2. The molecule has 26 heavy (non-hydrogen) atoms. The lowest BCUT2D eigenvalue weighted by atomic mass is 10.2. The first-order valence-electron chi connectivity index (χ1n) is 7.58. The van der Waals surface area contributed by atoms with Gasteiger partial charge in [0.25, 0.3) is 15.9 Å². The van der Waals surface area contributed by atoms with E-state index in [0.717, 1.165) is 5.56 Å². The number of sulfonamides is 1. The Bertz CT molecular complexity index is 1050. The van der Waals surface area contributed by atoms with Gasteiger partial charge in [0.15, 0.2) is 0 Å². The Labute approximate surface area is 159 Å². The summed E-state index contributed by atoms with van der Waals surface area (Å²) in [6.45, 7) is 1.87. The molecule has 1 aromatic heterocycles. The highest BCUT2D eigenvalue weighted by Gasteiger charge is 2.17. The monoisotopic (exact) mass is 434 g/mol. The maximum atomic E-state index is 12.7. The summed E-state index contributed by atoms with van der Waals surface area (Å²) >= 11 is 3.33. The van der Waals surface area contributed by atoms with Crippen LogP contribution in [0, 0.1) is 6.92 Å². The second kappa shape index (κ2) is 7.35. The minimum atomic E-state index is -3.81. The number of nitrogens with one attached hydrogen (secondary N) is 2. The molecule has 134 valence electrons. The molecule has 0 saturated carbocycles. The number of aryl methyl sites for hydroxylation is 1. The second-order valence-electron chi connectivity index (χ2n) is 5.58. The van der Waals surface area contributed by atoms with Gasteiger partial charge in [-0.25, -0.2) is 8.42 Å². The molecule has 0 bridgehead atoms. The Balaban J connectivity index is 1.84. The molecule has 0 aliphatic heterocycles. The van der Waals surface area contributed by atoms with E-state index >= 15 is 0 Å². The minimum absolute atomic E-state index is 0.0379. The van der Waals surface area contributed by atoms with Gasteiger partial charge < -0.3 is 9.73 Å². The molecular weight excluding hydrogens is 420 g/mol. The number of furan rings is 1. The molecule has 0 fully saturated rings. The maximum Gasteiger partial charge on any atom is 0.262 e. The molecule has 8 heteroatoms. The summed E-state index contributed by atoms with van der Waals surface area (Å²) in [7, 11) is -3.81. The maximum absolute atomic E-state index is 12.7. The Morgan fingerprint density at radius 1 is 1.12 bits per heavy atom. The number of amides is 1. The summed E-state index contributed by atoms with van der Waals surface area (Å²) in [5, 5.41) is 2.64. The van der Waals surface area contributed by atoms with Crippen molar-refractivity contribution in [1.29, 1.82) is 0 Å². The van der Waals surface area contributed by atoms with E-state index in [1.165, 1.54) is 30.7 Å². The van der Waals surface area contributed by atoms with Gasteiger partial charge in [0, 0.05) is 10.2 Å². The average Bonchev–Trinajstić information content (AvgIpc) is 3.13. The van der Waals surface area contributed by atoms with Crippen molar-refractivity contribution in [2.45, 2.75) is 11.8 Å². The van der Waals surface area contributed by atoms with Gasteiger partial charge in [0.2, 0.25) is 0 Å². The van der Waals surface area contributed by atoms with Gasteiger partial charge in [0.1, 0.15) is 6.26 Å². The third-order valence-electron chi connectivity index (χ3n) is 3.55. The number of hydrogen-bond donors (Lipinski definition) is 2. The Morgan fingerprint density at radius 3 is 2.65 bits per heavy atom. The Kier molecular flexibility index (Phi) is 5.15. The summed E-state index contributed by atoms with van der Waals surface area (Å²) in [5.41, 5.74) is 2.08.